The summed E-state index contributed by atoms with van der Waals surface area (Å²) in [6.07, 6.45) is 0.195. The Hall–Kier alpha value is -2.24. The number of methoxy groups -OCH3 is 1. The minimum atomic E-state index is -0.854. The van der Waals surface area contributed by atoms with Crippen molar-refractivity contribution < 1.29 is 19.4 Å². The largest absolute Gasteiger partial charge is 0.469 e. The number of amides is 1. The molecule has 1 aliphatic rings. The van der Waals surface area contributed by atoms with Gasteiger partial charge >= 0.3 is 12.1 Å². The molecule has 0 atom stereocenters. The Morgan fingerprint density at radius 2 is 1.76 bits per heavy atom. The first-order valence-electron chi connectivity index (χ1n) is 6.98. The third-order valence-corrected chi connectivity index (χ3v) is 3.70. The number of benzene rings is 1. The Bertz CT molecular complexity index is 493. The highest BCUT2D eigenvalue weighted by Gasteiger charge is 2.20. The molecule has 0 unspecified atom stereocenters. The number of hydrogen-bond donors (Lipinski definition) is 1. The molecular weight excluding hydrogens is 272 g/mol. The number of esters is 1. The summed E-state index contributed by atoms with van der Waals surface area (Å²) >= 11 is 0. The molecule has 1 aliphatic heterocycles. The average Bonchev–Trinajstić information content (AvgIpc) is 2.53. The molecule has 1 aromatic carbocycles. The predicted octanol–water partition coefficient (Wildman–Crippen LogP) is 1.59. The smallest absolute Gasteiger partial charge is 0.407 e. The maximum Gasteiger partial charge on any atom is 0.407 e. The fraction of sp³-hybridized carbons (Fsp3) is 0.467. The number of ether oxygens (including phenoxy) is 1. The first-order chi connectivity index (χ1) is 10.1. The van der Waals surface area contributed by atoms with Crippen LogP contribution < -0.4 is 4.90 Å². The Morgan fingerprint density at radius 1 is 1.14 bits per heavy atom. The van der Waals surface area contributed by atoms with Crippen LogP contribution >= 0.6 is 0 Å². The minimum absolute atomic E-state index is 0.205. The Morgan fingerprint density at radius 3 is 2.29 bits per heavy atom. The van der Waals surface area contributed by atoms with Crippen molar-refractivity contribution in [3.05, 3.63) is 29.8 Å². The summed E-state index contributed by atoms with van der Waals surface area (Å²) in [6.45, 7) is 2.46. The van der Waals surface area contributed by atoms with Gasteiger partial charge in [-0.2, -0.15) is 0 Å². The number of carbonyl (C=O) groups is 2. The highest BCUT2D eigenvalue weighted by molar-refractivity contribution is 5.69. The second-order valence-corrected chi connectivity index (χ2v) is 5.00. The molecule has 0 aromatic heterocycles. The monoisotopic (exact) mass is 292 g/mol. The van der Waals surface area contributed by atoms with Crippen molar-refractivity contribution in [3.8, 4) is 0 Å². The topological polar surface area (TPSA) is 70.1 Å². The number of aryl methyl sites for hydroxylation is 1. The molecule has 21 heavy (non-hydrogen) atoms. The molecule has 6 heteroatoms. The van der Waals surface area contributed by atoms with Crippen LogP contribution in [0.1, 0.15) is 12.0 Å². The van der Waals surface area contributed by atoms with Gasteiger partial charge in [-0.05, 0) is 24.1 Å². The van der Waals surface area contributed by atoms with Gasteiger partial charge < -0.3 is 19.6 Å². The average molecular weight is 292 g/mol. The van der Waals surface area contributed by atoms with Gasteiger partial charge in [-0.15, -0.1) is 0 Å². The fourth-order valence-electron chi connectivity index (χ4n) is 2.38. The molecule has 0 spiro atoms. The van der Waals surface area contributed by atoms with E-state index in [2.05, 4.69) is 9.64 Å². The molecule has 114 valence electrons. The van der Waals surface area contributed by atoms with Gasteiger partial charge in [0.05, 0.1) is 7.11 Å². The summed E-state index contributed by atoms with van der Waals surface area (Å²) in [4.78, 5) is 25.6. The summed E-state index contributed by atoms with van der Waals surface area (Å²) in [7, 11) is 1.39. The number of carboxylic acid groups (broad SMARTS) is 1. The van der Waals surface area contributed by atoms with E-state index in [1.165, 1.54) is 12.0 Å². The fourth-order valence-corrected chi connectivity index (χ4v) is 2.38. The van der Waals surface area contributed by atoms with Crippen LogP contribution in [0, 0.1) is 0 Å². The molecule has 1 amide bonds. The van der Waals surface area contributed by atoms with Gasteiger partial charge in [-0.3, -0.25) is 4.79 Å². The Kier molecular flexibility index (Phi) is 5.03. The van der Waals surface area contributed by atoms with E-state index in [1.807, 2.05) is 24.3 Å². The third kappa shape index (κ3) is 4.11. The van der Waals surface area contributed by atoms with Crippen LogP contribution in [0.15, 0.2) is 24.3 Å². The zero-order valence-corrected chi connectivity index (χ0v) is 12.1. The predicted molar refractivity (Wildman–Crippen MR) is 78.6 cm³/mol. The summed E-state index contributed by atoms with van der Waals surface area (Å²) < 4.78 is 4.62. The molecule has 0 radical (unpaired) electrons. The van der Waals surface area contributed by atoms with Gasteiger partial charge in [0.2, 0.25) is 0 Å². The van der Waals surface area contributed by atoms with Crippen molar-refractivity contribution in [1.82, 2.24) is 4.90 Å². The zero-order valence-electron chi connectivity index (χ0n) is 12.1. The number of anilines is 1. The SMILES string of the molecule is COC(=O)CCc1ccc(N2CCN(C(=O)O)CC2)cc1. The van der Waals surface area contributed by atoms with Crippen molar-refractivity contribution in [3.63, 3.8) is 0 Å². The Labute approximate surface area is 123 Å². The number of nitrogens with zero attached hydrogens (tertiary/aromatic N) is 2. The normalized spacial score (nSPS) is 14.9. The lowest BCUT2D eigenvalue weighted by Crippen LogP contribution is -2.48. The summed E-state index contributed by atoms with van der Waals surface area (Å²) in [5, 5.41) is 8.93. The van der Waals surface area contributed by atoms with Crippen LogP contribution in [-0.2, 0) is 16.0 Å². The number of carbonyl (C=O) groups excluding carboxylic acids is 1. The summed E-state index contributed by atoms with van der Waals surface area (Å²) in [5.41, 5.74) is 2.18. The molecule has 0 saturated carbocycles. The van der Waals surface area contributed by atoms with Crippen molar-refractivity contribution in [2.24, 2.45) is 0 Å². The van der Waals surface area contributed by atoms with Gasteiger partial charge in [0.25, 0.3) is 0 Å². The van der Waals surface area contributed by atoms with Gasteiger partial charge in [0, 0.05) is 38.3 Å². The standard InChI is InChI=1S/C15H20N2O4/c1-21-14(18)7-4-12-2-5-13(6-3-12)16-8-10-17(11-9-16)15(19)20/h2-3,5-6H,4,7-11H2,1H3,(H,19,20). The van der Waals surface area contributed by atoms with Gasteiger partial charge in [0.1, 0.15) is 0 Å². The lowest BCUT2D eigenvalue weighted by molar-refractivity contribution is -0.140. The molecule has 6 nitrogen and oxygen atoms in total. The Balaban J connectivity index is 1.88. The number of rotatable bonds is 4. The molecule has 2 rings (SSSR count). The summed E-state index contributed by atoms with van der Waals surface area (Å²) in [6, 6.07) is 8.04. The van der Waals surface area contributed by atoms with Crippen molar-refractivity contribution >= 4 is 17.7 Å². The molecule has 1 heterocycles. The van der Waals surface area contributed by atoms with Crippen molar-refractivity contribution in [2.45, 2.75) is 12.8 Å². The molecule has 1 fully saturated rings. The first kappa shape index (κ1) is 15.2. The van der Waals surface area contributed by atoms with Gasteiger partial charge in [-0.1, -0.05) is 12.1 Å². The van der Waals surface area contributed by atoms with Gasteiger partial charge in [-0.25, -0.2) is 4.79 Å². The third-order valence-electron chi connectivity index (χ3n) is 3.70. The van der Waals surface area contributed by atoms with E-state index in [-0.39, 0.29) is 5.97 Å². The van der Waals surface area contributed by atoms with E-state index in [0.29, 0.717) is 39.0 Å². The van der Waals surface area contributed by atoms with Crippen LogP contribution in [0.3, 0.4) is 0 Å². The highest BCUT2D eigenvalue weighted by atomic mass is 16.5. The lowest BCUT2D eigenvalue weighted by Gasteiger charge is -2.34. The van der Waals surface area contributed by atoms with Crippen molar-refractivity contribution in [2.75, 3.05) is 38.2 Å². The quantitative estimate of drug-likeness (QED) is 0.853. The van der Waals surface area contributed by atoms with E-state index in [9.17, 15) is 9.59 Å². The van der Waals surface area contributed by atoms with Crippen LogP contribution in [0.25, 0.3) is 0 Å². The second-order valence-electron chi connectivity index (χ2n) is 5.00. The van der Waals surface area contributed by atoms with E-state index < -0.39 is 6.09 Å². The van der Waals surface area contributed by atoms with Crippen LogP contribution in [0.4, 0.5) is 10.5 Å². The molecule has 1 saturated heterocycles. The molecule has 0 bridgehead atoms. The molecule has 1 aromatic rings. The lowest BCUT2D eigenvalue weighted by atomic mass is 10.1. The minimum Gasteiger partial charge on any atom is -0.469 e. The highest BCUT2D eigenvalue weighted by Crippen LogP contribution is 2.18. The zero-order chi connectivity index (χ0) is 15.2. The van der Waals surface area contributed by atoms with E-state index in [0.717, 1.165) is 11.3 Å². The van der Waals surface area contributed by atoms with Crippen molar-refractivity contribution in [1.29, 1.82) is 0 Å². The number of piperazine rings is 1. The van der Waals surface area contributed by atoms with E-state index in [4.69, 9.17) is 5.11 Å². The second kappa shape index (κ2) is 6.97. The first-order valence-corrected chi connectivity index (χ1v) is 6.98. The van der Waals surface area contributed by atoms with Crippen LogP contribution in [0.5, 0.6) is 0 Å². The van der Waals surface area contributed by atoms with Gasteiger partial charge in [0.15, 0.2) is 0 Å². The van der Waals surface area contributed by atoms with E-state index in [1.54, 1.807) is 0 Å². The molecule has 0 aliphatic carbocycles. The van der Waals surface area contributed by atoms with Crippen LogP contribution in [0.2, 0.25) is 0 Å². The maximum atomic E-state index is 11.1. The van der Waals surface area contributed by atoms with Crippen LogP contribution in [-0.4, -0.2) is 55.4 Å². The maximum absolute atomic E-state index is 11.1. The molecule has 1 N–H and O–H groups in total. The molecular formula is C15H20N2O4. The summed E-state index contributed by atoms with van der Waals surface area (Å²) in [5.74, 6) is -0.205. The number of hydrogen-bond acceptors (Lipinski definition) is 4. The van der Waals surface area contributed by atoms with E-state index >= 15 is 0 Å².